The molecule has 1 aromatic heterocycles. The molecule has 2 N–H and O–H groups in total. The Bertz CT molecular complexity index is 1190. The molecule has 9 heteroatoms. The highest BCUT2D eigenvalue weighted by molar-refractivity contribution is 7.80. The number of amides is 1. The number of carbonyl (C=O) groups is 2. The lowest BCUT2D eigenvalue weighted by Crippen LogP contribution is -2.30. The summed E-state index contributed by atoms with van der Waals surface area (Å²) in [5.74, 6) is -1.20. The Morgan fingerprint density at radius 2 is 1.87 bits per heavy atom. The molecule has 1 fully saturated rings. The summed E-state index contributed by atoms with van der Waals surface area (Å²) in [5, 5.41) is 17.4. The van der Waals surface area contributed by atoms with Crippen molar-refractivity contribution >= 4 is 52.6 Å². The van der Waals surface area contributed by atoms with Crippen LogP contribution in [0.5, 0.6) is 0 Å². The van der Waals surface area contributed by atoms with Crippen LogP contribution in [0, 0.1) is 0 Å². The maximum absolute atomic E-state index is 13.0. The van der Waals surface area contributed by atoms with Crippen LogP contribution in [0.25, 0.3) is 17.3 Å². The second kappa shape index (κ2) is 8.71. The Labute approximate surface area is 188 Å². The van der Waals surface area contributed by atoms with E-state index in [1.165, 1.54) is 4.90 Å². The number of carboxylic acid groups (broad SMARTS) is 1. The van der Waals surface area contributed by atoms with Crippen LogP contribution in [0.4, 0.5) is 5.69 Å². The first-order chi connectivity index (χ1) is 14.9. The number of aromatic nitrogens is 2. The third-order valence-electron chi connectivity index (χ3n) is 4.65. The molecule has 0 spiro atoms. The maximum atomic E-state index is 13.0. The van der Waals surface area contributed by atoms with E-state index in [9.17, 15) is 9.59 Å². The van der Waals surface area contributed by atoms with Crippen molar-refractivity contribution in [2.75, 3.05) is 4.90 Å². The van der Waals surface area contributed by atoms with Gasteiger partial charge in [0, 0.05) is 22.3 Å². The summed E-state index contributed by atoms with van der Waals surface area (Å²) in [6.07, 6.45) is 3.32. The monoisotopic (exact) mass is 452 g/mol. The van der Waals surface area contributed by atoms with E-state index in [0.29, 0.717) is 27.7 Å². The molecule has 1 aliphatic rings. The van der Waals surface area contributed by atoms with Crippen LogP contribution in [-0.2, 0) is 16.1 Å². The predicted molar refractivity (Wildman–Crippen MR) is 123 cm³/mol. The highest BCUT2D eigenvalue weighted by atomic mass is 35.5. The number of carbonyl (C=O) groups excluding carboxylic acids is 1. The van der Waals surface area contributed by atoms with Crippen LogP contribution >= 0.6 is 23.8 Å². The standard InChI is InChI=1S/C22H17ClN4O3S/c23-16-8-6-14(7-9-16)20-15(13-26(25-20)11-10-19(28)29)12-18-21(30)27(22(31)24-18)17-4-2-1-3-5-17/h1-9,12-13H,10-11H2,(H,24,31)(H,28,29)/b18-12-. The number of rotatable bonds is 6. The number of carboxylic acids is 1. The zero-order chi connectivity index (χ0) is 22.0. The fourth-order valence-corrected chi connectivity index (χ4v) is 3.63. The highest BCUT2D eigenvalue weighted by Gasteiger charge is 2.32. The van der Waals surface area contributed by atoms with E-state index in [1.54, 1.807) is 41.2 Å². The molecule has 1 aliphatic heterocycles. The summed E-state index contributed by atoms with van der Waals surface area (Å²) in [5.41, 5.74) is 3.03. The third kappa shape index (κ3) is 4.50. The van der Waals surface area contributed by atoms with E-state index >= 15 is 0 Å². The van der Waals surface area contributed by atoms with E-state index in [-0.39, 0.29) is 24.0 Å². The van der Waals surface area contributed by atoms with Gasteiger partial charge in [-0.15, -0.1) is 0 Å². The molecule has 1 amide bonds. The summed E-state index contributed by atoms with van der Waals surface area (Å²) in [6.45, 7) is 0.203. The van der Waals surface area contributed by atoms with Gasteiger partial charge in [-0.1, -0.05) is 41.9 Å². The van der Waals surface area contributed by atoms with Crippen molar-refractivity contribution in [1.29, 1.82) is 0 Å². The number of anilines is 1. The number of hydrogen-bond donors (Lipinski definition) is 2. The average Bonchev–Trinajstić information content (AvgIpc) is 3.28. The van der Waals surface area contributed by atoms with E-state index in [2.05, 4.69) is 10.4 Å². The van der Waals surface area contributed by atoms with E-state index in [4.69, 9.17) is 28.9 Å². The number of benzene rings is 2. The molecular weight excluding hydrogens is 436 g/mol. The quantitative estimate of drug-likeness (QED) is 0.435. The van der Waals surface area contributed by atoms with E-state index in [1.807, 2.05) is 30.3 Å². The van der Waals surface area contributed by atoms with Crippen molar-refractivity contribution in [1.82, 2.24) is 15.1 Å². The van der Waals surface area contributed by atoms with Crippen LogP contribution in [0.15, 0.2) is 66.5 Å². The van der Waals surface area contributed by atoms with Gasteiger partial charge in [0.2, 0.25) is 0 Å². The molecule has 0 radical (unpaired) electrons. The van der Waals surface area contributed by atoms with Gasteiger partial charge in [0.15, 0.2) is 5.11 Å². The Hall–Kier alpha value is -3.49. The SMILES string of the molecule is O=C(O)CCn1cc(/C=C2\NC(=S)N(c3ccccc3)C2=O)c(-c2ccc(Cl)cc2)n1. The van der Waals surface area contributed by atoms with Crippen molar-refractivity contribution in [3.8, 4) is 11.3 Å². The van der Waals surface area contributed by atoms with Crippen molar-refractivity contribution in [3.63, 3.8) is 0 Å². The van der Waals surface area contributed by atoms with Gasteiger partial charge in [0.1, 0.15) is 5.70 Å². The van der Waals surface area contributed by atoms with Gasteiger partial charge in [-0.25, -0.2) is 0 Å². The second-order valence-corrected chi connectivity index (χ2v) is 7.63. The molecule has 2 heterocycles. The molecule has 1 saturated heterocycles. The molecule has 156 valence electrons. The largest absolute Gasteiger partial charge is 0.481 e. The Balaban J connectivity index is 1.71. The fourth-order valence-electron chi connectivity index (χ4n) is 3.20. The minimum atomic E-state index is -0.917. The van der Waals surface area contributed by atoms with Gasteiger partial charge in [0.05, 0.1) is 24.3 Å². The predicted octanol–water partition coefficient (Wildman–Crippen LogP) is 3.94. The summed E-state index contributed by atoms with van der Waals surface area (Å²) in [7, 11) is 0. The zero-order valence-corrected chi connectivity index (χ0v) is 17.7. The Morgan fingerprint density at radius 1 is 1.16 bits per heavy atom. The zero-order valence-electron chi connectivity index (χ0n) is 16.2. The van der Waals surface area contributed by atoms with Gasteiger partial charge in [0.25, 0.3) is 5.91 Å². The lowest BCUT2D eigenvalue weighted by Gasteiger charge is -2.13. The molecule has 4 rings (SSSR count). The summed E-state index contributed by atoms with van der Waals surface area (Å²) < 4.78 is 1.55. The highest BCUT2D eigenvalue weighted by Crippen LogP contribution is 2.28. The lowest BCUT2D eigenvalue weighted by molar-refractivity contribution is -0.137. The number of thiocarbonyl (C=S) groups is 1. The number of aryl methyl sites for hydroxylation is 1. The molecule has 2 aromatic carbocycles. The van der Waals surface area contributed by atoms with E-state index in [0.717, 1.165) is 5.56 Å². The molecular formula is C22H17ClN4O3S. The number of aliphatic carboxylic acids is 1. The third-order valence-corrected chi connectivity index (χ3v) is 5.19. The number of nitrogens with zero attached hydrogens (tertiary/aromatic N) is 3. The second-order valence-electron chi connectivity index (χ2n) is 6.81. The van der Waals surface area contributed by atoms with Crippen LogP contribution in [0.3, 0.4) is 0 Å². The van der Waals surface area contributed by atoms with Crippen LogP contribution < -0.4 is 10.2 Å². The first kappa shape index (κ1) is 20.8. The Morgan fingerprint density at radius 3 is 2.55 bits per heavy atom. The van der Waals surface area contributed by atoms with Crippen molar-refractivity contribution < 1.29 is 14.7 Å². The van der Waals surface area contributed by atoms with Gasteiger partial charge in [-0.2, -0.15) is 5.10 Å². The normalized spacial score (nSPS) is 14.9. The molecule has 3 aromatic rings. The minimum absolute atomic E-state index is 0.0687. The number of hydrogen-bond acceptors (Lipinski definition) is 4. The number of nitrogens with one attached hydrogen (secondary N) is 1. The van der Waals surface area contributed by atoms with E-state index < -0.39 is 5.97 Å². The van der Waals surface area contributed by atoms with Crippen molar-refractivity contribution in [3.05, 3.63) is 77.1 Å². The summed E-state index contributed by atoms with van der Waals surface area (Å²) in [4.78, 5) is 25.4. The van der Waals surface area contributed by atoms with Crippen LogP contribution in [0.2, 0.25) is 5.02 Å². The van der Waals surface area contributed by atoms with Gasteiger partial charge in [-0.05, 0) is 42.6 Å². The van der Waals surface area contributed by atoms with Crippen LogP contribution in [-0.4, -0.2) is 31.9 Å². The first-order valence-corrected chi connectivity index (χ1v) is 10.2. The number of halogens is 1. The molecule has 0 atom stereocenters. The summed E-state index contributed by atoms with van der Waals surface area (Å²) >= 11 is 11.4. The minimum Gasteiger partial charge on any atom is -0.481 e. The van der Waals surface area contributed by atoms with Crippen molar-refractivity contribution in [2.45, 2.75) is 13.0 Å². The molecule has 7 nitrogen and oxygen atoms in total. The molecule has 0 aliphatic carbocycles. The van der Waals surface area contributed by atoms with Gasteiger partial charge < -0.3 is 10.4 Å². The first-order valence-electron chi connectivity index (χ1n) is 9.40. The molecule has 31 heavy (non-hydrogen) atoms. The maximum Gasteiger partial charge on any atom is 0.305 e. The van der Waals surface area contributed by atoms with Crippen LogP contribution in [0.1, 0.15) is 12.0 Å². The van der Waals surface area contributed by atoms with Gasteiger partial charge >= 0.3 is 5.97 Å². The smallest absolute Gasteiger partial charge is 0.305 e. The lowest BCUT2D eigenvalue weighted by atomic mass is 10.1. The molecule has 0 unspecified atom stereocenters. The topological polar surface area (TPSA) is 87.5 Å². The summed E-state index contributed by atoms with van der Waals surface area (Å²) in [6, 6.07) is 16.3. The fraction of sp³-hybridized carbons (Fsp3) is 0.0909. The van der Waals surface area contributed by atoms with Gasteiger partial charge in [-0.3, -0.25) is 19.2 Å². The van der Waals surface area contributed by atoms with Crippen molar-refractivity contribution in [2.24, 2.45) is 0 Å². The Kier molecular flexibility index (Phi) is 5.83. The molecule has 0 saturated carbocycles. The average molecular weight is 453 g/mol. The number of para-hydroxylation sites is 1. The molecule has 0 bridgehead atoms.